The summed E-state index contributed by atoms with van der Waals surface area (Å²) < 4.78 is 0. The van der Waals surface area contributed by atoms with Crippen LogP contribution in [0.15, 0.2) is 36.5 Å². The first-order valence-corrected chi connectivity index (χ1v) is 5.78. The summed E-state index contributed by atoms with van der Waals surface area (Å²) in [6.07, 6.45) is 2.13. The molecule has 0 aromatic heterocycles. The molecule has 0 aliphatic heterocycles. The molecule has 1 atom stereocenters. The number of allylic oxidation sites excluding steroid dienone is 1. The lowest BCUT2D eigenvalue weighted by molar-refractivity contribution is 0.559. The van der Waals surface area contributed by atoms with Crippen molar-refractivity contribution in [2.24, 2.45) is 5.92 Å². The van der Waals surface area contributed by atoms with Gasteiger partial charge in [-0.1, -0.05) is 25.6 Å². The number of hydrogen-bond donors (Lipinski definition) is 2. The van der Waals surface area contributed by atoms with Crippen LogP contribution in [0.2, 0.25) is 0 Å². The highest BCUT2D eigenvalue weighted by Gasteiger charge is 2.05. The van der Waals surface area contributed by atoms with Crippen molar-refractivity contribution in [1.29, 1.82) is 0 Å². The van der Waals surface area contributed by atoms with Crippen LogP contribution in [0.25, 0.3) is 0 Å². The maximum absolute atomic E-state index is 3.96. The van der Waals surface area contributed by atoms with E-state index in [0.717, 1.165) is 24.2 Å². The van der Waals surface area contributed by atoms with Crippen LogP contribution in [-0.2, 0) is 6.42 Å². The summed E-state index contributed by atoms with van der Waals surface area (Å²) >= 11 is 0. The van der Waals surface area contributed by atoms with E-state index in [1.807, 2.05) is 14.1 Å². The largest absolute Gasteiger partial charge is 0.392 e. The Balaban J connectivity index is 2.49. The van der Waals surface area contributed by atoms with E-state index in [-0.39, 0.29) is 0 Å². The van der Waals surface area contributed by atoms with E-state index < -0.39 is 0 Å². The van der Waals surface area contributed by atoms with E-state index in [1.54, 1.807) is 0 Å². The molecule has 0 amide bonds. The molecule has 0 bridgehead atoms. The van der Waals surface area contributed by atoms with E-state index in [9.17, 15) is 0 Å². The summed E-state index contributed by atoms with van der Waals surface area (Å²) in [6, 6.07) is 8.61. The lowest BCUT2D eigenvalue weighted by atomic mass is 9.97. The predicted octanol–water partition coefficient (Wildman–Crippen LogP) is 3.03. The van der Waals surface area contributed by atoms with Crippen LogP contribution in [0.5, 0.6) is 0 Å². The van der Waals surface area contributed by atoms with Gasteiger partial charge in [0.1, 0.15) is 0 Å². The van der Waals surface area contributed by atoms with Gasteiger partial charge in [-0.05, 0) is 36.5 Å². The van der Waals surface area contributed by atoms with Crippen molar-refractivity contribution in [3.05, 3.63) is 42.1 Å². The fourth-order valence-electron chi connectivity index (χ4n) is 1.80. The van der Waals surface area contributed by atoms with Crippen LogP contribution in [0.1, 0.15) is 18.9 Å². The number of benzene rings is 1. The molecule has 1 aromatic rings. The lowest BCUT2D eigenvalue weighted by Gasteiger charge is -2.13. The number of hydrogen-bond acceptors (Lipinski definition) is 2. The SMILES string of the molecule is C=C(CC(C)Cc1ccc(NC)cc1)NC. The maximum Gasteiger partial charge on any atom is 0.0337 e. The highest BCUT2D eigenvalue weighted by molar-refractivity contribution is 5.43. The molecule has 0 aliphatic carbocycles. The lowest BCUT2D eigenvalue weighted by Crippen LogP contribution is -2.10. The molecule has 1 unspecified atom stereocenters. The van der Waals surface area contributed by atoms with Gasteiger partial charge in [-0.2, -0.15) is 0 Å². The third-order valence-corrected chi connectivity index (χ3v) is 2.78. The van der Waals surface area contributed by atoms with Crippen molar-refractivity contribution < 1.29 is 0 Å². The quantitative estimate of drug-likeness (QED) is 0.767. The molecule has 88 valence electrons. The van der Waals surface area contributed by atoms with Crippen molar-refractivity contribution in [3.8, 4) is 0 Å². The number of anilines is 1. The Morgan fingerprint density at radius 3 is 2.38 bits per heavy atom. The molecule has 0 fully saturated rings. The van der Waals surface area contributed by atoms with Crippen molar-refractivity contribution >= 4 is 5.69 Å². The second kappa shape index (κ2) is 6.21. The summed E-state index contributed by atoms with van der Waals surface area (Å²) in [6.45, 7) is 6.22. The minimum absolute atomic E-state index is 0.625. The van der Waals surface area contributed by atoms with Gasteiger partial charge in [0.2, 0.25) is 0 Å². The van der Waals surface area contributed by atoms with Gasteiger partial charge in [-0.25, -0.2) is 0 Å². The summed E-state index contributed by atoms with van der Waals surface area (Å²) in [4.78, 5) is 0. The Hall–Kier alpha value is -1.44. The minimum Gasteiger partial charge on any atom is -0.392 e. The van der Waals surface area contributed by atoms with E-state index in [4.69, 9.17) is 0 Å². The van der Waals surface area contributed by atoms with Crippen LogP contribution in [-0.4, -0.2) is 14.1 Å². The van der Waals surface area contributed by atoms with Crippen molar-refractivity contribution in [2.75, 3.05) is 19.4 Å². The van der Waals surface area contributed by atoms with E-state index in [0.29, 0.717) is 5.92 Å². The van der Waals surface area contributed by atoms with Gasteiger partial charge in [0, 0.05) is 25.5 Å². The van der Waals surface area contributed by atoms with Gasteiger partial charge in [0.15, 0.2) is 0 Å². The molecule has 16 heavy (non-hydrogen) atoms. The molecular formula is C14H22N2. The van der Waals surface area contributed by atoms with Gasteiger partial charge >= 0.3 is 0 Å². The summed E-state index contributed by atoms with van der Waals surface area (Å²) in [5.74, 6) is 0.625. The molecule has 0 saturated carbocycles. The number of nitrogens with one attached hydrogen (secondary N) is 2. The fourth-order valence-corrected chi connectivity index (χ4v) is 1.80. The molecule has 0 heterocycles. The summed E-state index contributed by atoms with van der Waals surface area (Å²) in [5.41, 5.74) is 3.66. The van der Waals surface area contributed by atoms with Crippen LogP contribution in [0.3, 0.4) is 0 Å². The minimum atomic E-state index is 0.625. The topological polar surface area (TPSA) is 24.1 Å². The van der Waals surface area contributed by atoms with Gasteiger partial charge in [-0.3, -0.25) is 0 Å². The average Bonchev–Trinajstić information content (AvgIpc) is 2.29. The van der Waals surface area contributed by atoms with E-state index >= 15 is 0 Å². The zero-order chi connectivity index (χ0) is 12.0. The first kappa shape index (κ1) is 12.6. The normalized spacial score (nSPS) is 11.9. The Morgan fingerprint density at radius 2 is 1.88 bits per heavy atom. The van der Waals surface area contributed by atoms with Gasteiger partial charge in [0.25, 0.3) is 0 Å². The van der Waals surface area contributed by atoms with Crippen LogP contribution in [0.4, 0.5) is 5.69 Å². The molecule has 2 N–H and O–H groups in total. The monoisotopic (exact) mass is 218 g/mol. The molecule has 1 aromatic carbocycles. The van der Waals surface area contributed by atoms with E-state index in [2.05, 4.69) is 48.4 Å². The second-order valence-electron chi connectivity index (χ2n) is 4.31. The Kier molecular flexibility index (Phi) is 4.90. The molecule has 0 spiro atoms. The summed E-state index contributed by atoms with van der Waals surface area (Å²) in [7, 11) is 3.87. The molecular weight excluding hydrogens is 196 g/mol. The van der Waals surface area contributed by atoms with Gasteiger partial charge in [0.05, 0.1) is 0 Å². The van der Waals surface area contributed by atoms with Crippen LogP contribution in [0, 0.1) is 5.92 Å². The van der Waals surface area contributed by atoms with Crippen LogP contribution >= 0.6 is 0 Å². The summed E-state index contributed by atoms with van der Waals surface area (Å²) in [5, 5.41) is 6.22. The van der Waals surface area contributed by atoms with Crippen LogP contribution < -0.4 is 10.6 Å². The molecule has 2 nitrogen and oxygen atoms in total. The van der Waals surface area contributed by atoms with Crippen molar-refractivity contribution in [3.63, 3.8) is 0 Å². The maximum atomic E-state index is 3.96. The predicted molar refractivity (Wildman–Crippen MR) is 71.7 cm³/mol. The Morgan fingerprint density at radius 1 is 1.25 bits per heavy atom. The van der Waals surface area contributed by atoms with Crippen molar-refractivity contribution in [2.45, 2.75) is 19.8 Å². The zero-order valence-electron chi connectivity index (χ0n) is 10.5. The third kappa shape index (κ3) is 3.97. The Bertz CT molecular complexity index is 327. The zero-order valence-corrected chi connectivity index (χ0v) is 10.5. The third-order valence-electron chi connectivity index (χ3n) is 2.78. The molecule has 1 rings (SSSR count). The average molecular weight is 218 g/mol. The molecule has 0 aliphatic rings. The van der Waals surface area contributed by atoms with Crippen molar-refractivity contribution in [1.82, 2.24) is 5.32 Å². The molecule has 0 radical (unpaired) electrons. The first-order chi connectivity index (χ1) is 7.65. The fraction of sp³-hybridized carbons (Fsp3) is 0.429. The van der Waals surface area contributed by atoms with Gasteiger partial charge < -0.3 is 10.6 Å². The highest BCUT2D eigenvalue weighted by Crippen LogP contribution is 2.16. The standard InChI is InChI=1S/C14H22N2/c1-11(9-12(2)15-3)10-13-5-7-14(16-4)8-6-13/h5-8,11,15-16H,2,9-10H2,1,3-4H3. The first-order valence-electron chi connectivity index (χ1n) is 5.78. The smallest absolute Gasteiger partial charge is 0.0337 e. The Labute approximate surface area is 98.8 Å². The molecule has 2 heteroatoms. The number of rotatable bonds is 6. The molecule has 0 saturated heterocycles. The van der Waals surface area contributed by atoms with E-state index in [1.165, 1.54) is 5.56 Å². The van der Waals surface area contributed by atoms with Gasteiger partial charge in [-0.15, -0.1) is 0 Å². The second-order valence-corrected chi connectivity index (χ2v) is 4.31. The highest BCUT2D eigenvalue weighted by atomic mass is 14.8.